The van der Waals surface area contributed by atoms with E-state index in [4.69, 9.17) is 0 Å². The lowest BCUT2D eigenvalue weighted by molar-refractivity contribution is 0.112. The number of aldehydes is 1. The van der Waals surface area contributed by atoms with Gasteiger partial charge in [0.25, 0.3) is 0 Å². The van der Waals surface area contributed by atoms with Crippen LogP contribution in [0.2, 0.25) is 0 Å². The second-order valence-corrected chi connectivity index (χ2v) is 4.54. The van der Waals surface area contributed by atoms with Crippen LogP contribution in [-0.2, 0) is 0 Å². The van der Waals surface area contributed by atoms with Crippen molar-refractivity contribution in [3.8, 4) is 10.4 Å². The van der Waals surface area contributed by atoms with Gasteiger partial charge in [0, 0.05) is 10.4 Å². The summed E-state index contributed by atoms with van der Waals surface area (Å²) in [5.74, 6) is 0. The average molecular weight is 216 g/mol. The molecule has 0 atom stereocenters. The Morgan fingerprint density at radius 3 is 2.67 bits per heavy atom. The SMILES string of the molecule is Cc1csc(-c2cccc(C=O)c2C)c1. The summed E-state index contributed by atoms with van der Waals surface area (Å²) in [7, 11) is 0. The molecule has 2 aromatic rings. The van der Waals surface area contributed by atoms with Crippen LogP contribution in [0.4, 0.5) is 0 Å². The van der Waals surface area contributed by atoms with E-state index in [1.54, 1.807) is 11.3 Å². The normalized spacial score (nSPS) is 10.3. The van der Waals surface area contributed by atoms with Gasteiger partial charge in [-0.2, -0.15) is 0 Å². The maximum Gasteiger partial charge on any atom is 0.150 e. The number of carbonyl (C=O) groups is 1. The van der Waals surface area contributed by atoms with Gasteiger partial charge in [0.1, 0.15) is 6.29 Å². The summed E-state index contributed by atoms with van der Waals surface area (Å²) in [6.45, 7) is 4.08. The summed E-state index contributed by atoms with van der Waals surface area (Å²) in [5.41, 5.74) is 4.27. The minimum Gasteiger partial charge on any atom is -0.298 e. The standard InChI is InChI=1S/C13H12OS/c1-9-6-13(15-8-9)12-5-3-4-11(7-14)10(12)2/h3-8H,1-2H3. The Balaban J connectivity index is 2.58. The molecule has 0 saturated carbocycles. The minimum absolute atomic E-state index is 0.776. The quantitative estimate of drug-likeness (QED) is 0.697. The molecule has 2 rings (SSSR count). The lowest BCUT2D eigenvalue weighted by atomic mass is 10.0. The van der Waals surface area contributed by atoms with Crippen LogP contribution in [0.3, 0.4) is 0 Å². The van der Waals surface area contributed by atoms with Crippen molar-refractivity contribution in [2.45, 2.75) is 13.8 Å². The van der Waals surface area contributed by atoms with E-state index in [0.717, 1.165) is 23.0 Å². The number of rotatable bonds is 2. The van der Waals surface area contributed by atoms with Crippen molar-refractivity contribution in [1.29, 1.82) is 0 Å². The Bertz CT molecular complexity index is 497. The molecule has 0 unspecified atom stereocenters. The highest BCUT2D eigenvalue weighted by Crippen LogP contribution is 2.30. The fraction of sp³-hybridized carbons (Fsp3) is 0.154. The van der Waals surface area contributed by atoms with Crippen LogP contribution in [0, 0.1) is 13.8 Å². The predicted octanol–water partition coefficient (Wildman–Crippen LogP) is 3.84. The minimum atomic E-state index is 0.776. The number of aryl methyl sites for hydroxylation is 1. The first-order valence-electron chi connectivity index (χ1n) is 4.82. The smallest absolute Gasteiger partial charge is 0.150 e. The van der Waals surface area contributed by atoms with Gasteiger partial charge in [0.15, 0.2) is 0 Å². The maximum atomic E-state index is 10.8. The summed E-state index contributed by atoms with van der Waals surface area (Å²) in [5, 5.41) is 2.13. The van der Waals surface area contributed by atoms with Crippen LogP contribution >= 0.6 is 11.3 Å². The predicted molar refractivity (Wildman–Crippen MR) is 64.6 cm³/mol. The first kappa shape index (κ1) is 10.1. The zero-order valence-electron chi connectivity index (χ0n) is 8.78. The molecule has 0 fully saturated rings. The molecular formula is C13H12OS. The third-order valence-corrected chi connectivity index (χ3v) is 3.58. The molecule has 0 saturated heterocycles. The van der Waals surface area contributed by atoms with Crippen molar-refractivity contribution in [3.05, 3.63) is 46.3 Å². The lowest BCUT2D eigenvalue weighted by Crippen LogP contribution is -1.88. The highest BCUT2D eigenvalue weighted by molar-refractivity contribution is 7.13. The molecule has 1 aromatic carbocycles. The summed E-state index contributed by atoms with van der Waals surface area (Å²) >= 11 is 1.72. The first-order valence-corrected chi connectivity index (χ1v) is 5.70. The van der Waals surface area contributed by atoms with E-state index in [-0.39, 0.29) is 0 Å². The van der Waals surface area contributed by atoms with Crippen molar-refractivity contribution < 1.29 is 4.79 Å². The van der Waals surface area contributed by atoms with E-state index in [2.05, 4.69) is 24.4 Å². The monoisotopic (exact) mass is 216 g/mol. The van der Waals surface area contributed by atoms with Crippen molar-refractivity contribution in [3.63, 3.8) is 0 Å². The highest BCUT2D eigenvalue weighted by atomic mass is 32.1. The number of hydrogen-bond acceptors (Lipinski definition) is 2. The molecule has 0 aliphatic heterocycles. The van der Waals surface area contributed by atoms with Gasteiger partial charge in [-0.05, 0) is 42.0 Å². The zero-order valence-corrected chi connectivity index (χ0v) is 9.60. The van der Waals surface area contributed by atoms with Gasteiger partial charge in [-0.3, -0.25) is 4.79 Å². The molecule has 1 nitrogen and oxygen atoms in total. The molecule has 0 spiro atoms. The van der Waals surface area contributed by atoms with Gasteiger partial charge in [-0.25, -0.2) is 0 Å². The van der Waals surface area contributed by atoms with Gasteiger partial charge < -0.3 is 0 Å². The molecule has 0 aliphatic rings. The highest BCUT2D eigenvalue weighted by Gasteiger charge is 2.06. The number of benzene rings is 1. The molecule has 1 aromatic heterocycles. The summed E-state index contributed by atoms with van der Waals surface area (Å²) in [4.78, 5) is 12.0. The van der Waals surface area contributed by atoms with Crippen molar-refractivity contribution in [2.24, 2.45) is 0 Å². The van der Waals surface area contributed by atoms with E-state index in [1.807, 2.05) is 19.1 Å². The summed E-state index contributed by atoms with van der Waals surface area (Å²) < 4.78 is 0. The van der Waals surface area contributed by atoms with E-state index < -0.39 is 0 Å². The molecule has 0 amide bonds. The van der Waals surface area contributed by atoms with Crippen LogP contribution < -0.4 is 0 Å². The number of carbonyl (C=O) groups excluding carboxylic acids is 1. The second-order valence-electron chi connectivity index (χ2n) is 3.63. The van der Waals surface area contributed by atoms with Crippen LogP contribution in [-0.4, -0.2) is 6.29 Å². The second kappa shape index (κ2) is 3.99. The fourth-order valence-electron chi connectivity index (χ4n) is 1.62. The molecular weight excluding hydrogens is 204 g/mol. The molecule has 0 radical (unpaired) electrons. The fourth-order valence-corrected chi connectivity index (χ4v) is 2.60. The molecule has 2 heteroatoms. The van der Waals surface area contributed by atoms with E-state index in [1.165, 1.54) is 10.4 Å². The molecule has 0 N–H and O–H groups in total. The first-order chi connectivity index (χ1) is 7.22. The Morgan fingerprint density at radius 2 is 2.07 bits per heavy atom. The Kier molecular flexibility index (Phi) is 2.69. The van der Waals surface area contributed by atoms with E-state index >= 15 is 0 Å². The molecule has 15 heavy (non-hydrogen) atoms. The summed E-state index contributed by atoms with van der Waals surface area (Å²) in [6.07, 6.45) is 0.916. The van der Waals surface area contributed by atoms with Crippen molar-refractivity contribution in [2.75, 3.05) is 0 Å². The van der Waals surface area contributed by atoms with Crippen LogP contribution in [0.15, 0.2) is 29.6 Å². The largest absolute Gasteiger partial charge is 0.298 e. The zero-order chi connectivity index (χ0) is 10.8. The van der Waals surface area contributed by atoms with Crippen LogP contribution in [0.1, 0.15) is 21.5 Å². The molecule has 1 heterocycles. The Hall–Kier alpha value is -1.41. The van der Waals surface area contributed by atoms with Crippen LogP contribution in [0.25, 0.3) is 10.4 Å². The Labute approximate surface area is 93.4 Å². The maximum absolute atomic E-state index is 10.8. The molecule has 0 aliphatic carbocycles. The number of hydrogen-bond donors (Lipinski definition) is 0. The Morgan fingerprint density at radius 1 is 1.27 bits per heavy atom. The topological polar surface area (TPSA) is 17.1 Å². The average Bonchev–Trinajstić information content (AvgIpc) is 2.65. The third-order valence-electron chi connectivity index (χ3n) is 2.50. The van der Waals surface area contributed by atoms with E-state index in [9.17, 15) is 4.79 Å². The summed E-state index contributed by atoms with van der Waals surface area (Å²) in [6, 6.07) is 8.00. The van der Waals surface area contributed by atoms with Gasteiger partial charge in [-0.15, -0.1) is 11.3 Å². The number of thiophene rings is 1. The van der Waals surface area contributed by atoms with Crippen LogP contribution in [0.5, 0.6) is 0 Å². The van der Waals surface area contributed by atoms with Gasteiger partial charge >= 0.3 is 0 Å². The van der Waals surface area contributed by atoms with Gasteiger partial charge in [0.2, 0.25) is 0 Å². The van der Waals surface area contributed by atoms with Crippen molar-refractivity contribution >= 4 is 17.6 Å². The van der Waals surface area contributed by atoms with Crippen molar-refractivity contribution in [1.82, 2.24) is 0 Å². The van der Waals surface area contributed by atoms with Gasteiger partial charge in [0.05, 0.1) is 0 Å². The lowest BCUT2D eigenvalue weighted by Gasteiger charge is -2.04. The molecule has 0 bridgehead atoms. The van der Waals surface area contributed by atoms with Gasteiger partial charge in [-0.1, -0.05) is 18.2 Å². The molecule has 76 valence electrons. The third kappa shape index (κ3) is 1.85. The van der Waals surface area contributed by atoms with E-state index in [0.29, 0.717) is 0 Å².